The normalized spacial score (nSPS) is 16.3. The Labute approximate surface area is 108 Å². The molecule has 1 aromatic rings. The molecule has 2 heterocycles. The second-order valence-electron chi connectivity index (χ2n) is 4.78. The van der Waals surface area contributed by atoms with Crippen LogP contribution in [-0.4, -0.2) is 38.1 Å². The minimum absolute atomic E-state index is 0.104. The molecular weight excluding hydrogens is 228 g/mol. The number of hydrogen-bond acceptors (Lipinski definition) is 4. The van der Waals surface area contributed by atoms with E-state index < -0.39 is 0 Å². The van der Waals surface area contributed by atoms with Gasteiger partial charge in [-0.05, 0) is 38.1 Å². The summed E-state index contributed by atoms with van der Waals surface area (Å²) in [6, 6.07) is 3.73. The van der Waals surface area contributed by atoms with Gasteiger partial charge >= 0.3 is 0 Å². The zero-order chi connectivity index (χ0) is 13.0. The summed E-state index contributed by atoms with van der Waals surface area (Å²) in [6.07, 6.45) is 3.54. The Hall–Kier alpha value is -1.62. The van der Waals surface area contributed by atoms with Crippen LogP contribution in [0.2, 0.25) is 0 Å². The zero-order valence-electron chi connectivity index (χ0n) is 10.9. The van der Waals surface area contributed by atoms with Gasteiger partial charge in [0.2, 0.25) is 5.91 Å². The Balaban J connectivity index is 2.06. The van der Waals surface area contributed by atoms with Crippen LogP contribution in [0.1, 0.15) is 12.8 Å². The Morgan fingerprint density at radius 2 is 2.17 bits per heavy atom. The lowest BCUT2D eigenvalue weighted by Gasteiger charge is -2.23. The lowest BCUT2D eigenvalue weighted by Crippen LogP contribution is -2.34. The Bertz CT molecular complexity index is 413. The van der Waals surface area contributed by atoms with Crippen LogP contribution in [0.3, 0.4) is 0 Å². The highest BCUT2D eigenvalue weighted by molar-refractivity contribution is 5.95. The predicted octanol–water partition coefficient (Wildman–Crippen LogP) is 1.09. The molecule has 0 spiro atoms. The maximum absolute atomic E-state index is 12.2. The van der Waals surface area contributed by atoms with Gasteiger partial charge in [-0.2, -0.15) is 0 Å². The number of pyridine rings is 1. The number of hydrogen-bond donors (Lipinski definition) is 2. The van der Waals surface area contributed by atoms with E-state index in [0.29, 0.717) is 0 Å². The molecule has 5 heteroatoms. The summed E-state index contributed by atoms with van der Waals surface area (Å²) >= 11 is 0. The molecule has 0 aromatic carbocycles. The van der Waals surface area contributed by atoms with Crippen molar-refractivity contribution >= 4 is 17.4 Å². The average Bonchev–Trinajstić information content (AvgIpc) is 2.40. The molecule has 98 valence electrons. The molecule has 0 saturated carbocycles. The van der Waals surface area contributed by atoms with Gasteiger partial charge in [0, 0.05) is 26.2 Å². The topological polar surface area (TPSA) is 57.3 Å². The van der Waals surface area contributed by atoms with E-state index in [2.05, 4.69) is 15.6 Å². The van der Waals surface area contributed by atoms with Crippen LogP contribution >= 0.6 is 0 Å². The lowest BCUT2D eigenvalue weighted by molar-refractivity contribution is -0.120. The molecule has 1 fully saturated rings. The van der Waals surface area contributed by atoms with Gasteiger partial charge in [0.1, 0.15) is 0 Å². The number of amides is 1. The second kappa shape index (κ2) is 5.82. The van der Waals surface area contributed by atoms with Crippen molar-refractivity contribution in [3.63, 3.8) is 0 Å². The second-order valence-corrected chi connectivity index (χ2v) is 4.78. The average molecular weight is 248 g/mol. The number of carbonyl (C=O) groups is 1. The van der Waals surface area contributed by atoms with Crippen molar-refractivity contribution in [3.05, 3.63) is 18.3 Å². The molecule has 0 unspecified atom stereocenters. The van der Waals surface area contributed by atoms with E-state index in [-0.39, 0.29) is 11.8 Å². The summed E-state index contributed by atoms with van der Waals surface area (Å²) in [6.45, 7) is 1.84. The smallest absolute Gasteiger partial charge is 0.227 e. The summed E-state index contributed by atoms with van der Waals surface area (Å²) in [5.74, 6) is 1.01. The molecule has 18 heavy (non-hydrogen) atoms. The van der Waals surface area contributed by atoms with E-state index >= 15 is 0 Å². The zero-order valence-corrected chi connectivity index (χ0v) is 10.9. The van der Waals surface area contributed by atoms with Crippen LogP contribution < -0.4 is 15.5 Å². The fraction of sp³-hybridized carbons (Fsp3) is 0.538. The number of rotatable bonds is 3. The van der Waals surface area contributed by atoms with E-state index in [1.807, 2.05) is 31.1 Å². The van der Waals surface area contributed by atoms with E-state index in [9.17, 15) is 4.79 Å². The minimum atomic E-state index is 0.104. The molecule has 0 radical (unpaired) electrons. The summed E-state index contributed by atoms with van der Waals surface area (Å²) in [5.41, 5.74) is 0.783. The van der Waals surface area contributed by atoms with Crippen molar-refractivity contribution < 1.29 is 4.79 Å². The largest absolute Gasteiger partial charge is 0.361 e. The number of carbonyl (C=O) groups excluding carboxylic acids is 1. The SMILES string of the molecule is CN(C)c1ncccc1NC(=O)C1CCNCC1. The van der Waals surface area contributed by atoms with E-state index in [1.165, 1.54) is 0 Å². The highest BCUT2D eigenvalue weighted by Gasteiger charge is 2.21. The summed E-state index contributed by atoms with van der Waals surface area (Å²) in [7, 11) is 3.84. The van der Waals surface area contributed by atoms with Crippen molar-refractivity contribution in [1.82, 2.24) is 10.3 Å². The first kappa shape index (κ1) is 12.8. The van der Waals surface area contributed by atoms with Gasteiger partial charge in [-0.1, -0.05) is 0 Å². The molecule has 0 aliphatic carbocycles. The standard InChI is InChI=1S/C13H20N4O/c1-17(2)12-11(4-3-7-15-12)16-13(18)10-5-8-14-9-6-10/h3-4,7,10,14H,5-6,8-9H2,1-2H3,(H,16,18). The molecule has 2 N–H and O–H groups in total. The number of aromatic nitrogens is 1. The number of anilines is 2. The fourth-order valence-corrected chi connectivity index (χ4v) is 2.17. The first-order valence-electron chi connectivity index (χ1n) is 6.32. The third-order valence-electron chi connectivity index (χ3n) is 3.18. The molecule has 1 aliphatic rings. The molecule has 1 aromatic heterocycles. The van der Waals surface area contributed by atoms with Crippen molar-refractivity contribution in [2.45, 2.75) is 12.8 Å². The van der Waals surface area contributed by atoms with Gasteiger partial charge in [-0.15, -0.1) is 0 Å². The Morgan fingerprint density at radius 3 is 2.83 bits per heavy atom. The van der Waals surface area contributed by atoms with E-state index in [1.54, 1.807) is 6.20 Å². The molecular formula is C13H20N4O. The van der Waals surface area contributed by atoms with Crippen LogP contribution in [0.15, 0.2) is 18.3 Å². The van der Waals surface area contributed by atoms with Crippen molar-refractivity contribution in [3.8, 4) is 0 Å². The first-order chi connectivity index (χ1) is 8.68. The Morgan fingerprint density at radius 1 is 1.44 bits per heavy atom. The highest BCUT2D eigenvalue weighted by atomic mass is 16.1. The number of nitrogens with one attached hydrogen (secondary N) is 2. The van der Waals surface area contributed by atoms with Gasteiger partial charge in [-0.25, -0.2) is 4.98 Å². The van der Waals surface area contributed by atoms with E-state index in [4.69, 9.17) is 0 Å². The van der Waals surface area contributed by atoms with Gasteiger partial charge in [0.25, 0.3) is 0 Å². The molecule has 1 aliphatic heterocycles. The summed E-state index contributed by atoms with van der Waals surface area (Å²) in [5, 5.41) is 6.25. The maximum Gasteiger partial charge on any atom is 0.227 e. The van der Waals surface area contributed by atoms with Crippen LogP contribution in [0, 0.1) is 5.92 Å². The maximum atomic E-state index is 12.2. The van der Waals surface area contributed by atoms with Crippen LogP contribution in [0.5, 0.6) is 0 Å². The minimum Gasteiger partial charge on any atom is -0.361 e. The molecule has 1 saturated heterocycles. The molecule has 0 atom stereocenters. The third kappa shape index (κ3) is 2.98. The van der Waals surface area contributed by atoms with Crippen molar-refractivity contribution in [1.29, 1.82) is 0 Å². The van der Waals surface area contributed by atoms with Crippen molar-refractivity contribution in [2.75, 3.05) is 37.4 Å². The van der Waals surface area contributed by atoms with E-state index in [0.717, 1.165) is 37.4 Å². The molecule has 0 bridgehead atoms. The lowest BCUT2D eigenvalue weighted by atomic mass is 9.97. The molecule has 1 amide bonds. The number of nitrogens with zero attached hydrogens (tertiary/aromatic N) is 2. The monoisotopic (exact) mass is 248 g/mol. The summed E-state index contributed by atoms with van der Waals surface area (Å²) < 4.78 is 0. The van der Waals surface area contributed by atoms with Crippen LogP contribution in [-0.2, 0) is 4.79 Å². The van der Waals surface area contributed by atoms with Crippen LogP contribution in [0.4, 0.5) is 11.5 Å². The Kier molecular flexibility index (Phi) is 4.15. The highest BCUT2D eigenvalue weighted by Crippen LogP contribution is 2.22. The third-order valence-corrected chi connectivity index (χ3v) is 3.18. The summed E-state index contributed by atoms with van der Waals surface area (Å²) in [4.78, 5) is 18.3. The predicted molar refractivity (Wildman–Crippen MR) is 72.8 cm³/mol. The number of piperidine rings is 1. The quantitative estimate of drug-likeness (QED) is 0.840. The van der Waals surface area contributed by atoms with Gasteiger partial charge in [0.05, 0.1) is 5.69 Å². The first-order valence-corrected chi connectivity index (χ1v) is 6.32. The van der Waals surface area contributed by atoms with Crippen molar-refractivity contribution in [2.24, 2.45) is 5.92 Å². The van der Waals surface area contributed by atoms with Gasteiger partial charge < -0.3 is 15.5 Å². The van der Waals surface area contributed by atoms with Crippen LogP contribution in [0.25, 0.3) is 0 Å². The molecule has 5 nitrogen and oxygen atoms in total. The fourth-order valence-electron chi connectivity index (χ4n) is 2.17. The van der Waals surface area contributed by atoms with Gasteiger partial charge in [0.15, 0.2) is 5.82 Å². The van der Waals surface area contributed by atoms with Gasteiger partial charge in [-0.3, -0.25) is 4.79 Å². The molecule has 2 rings (SSSR count).